The monoisotopic (exact) mass is 350 g/mol. The number of carboxylic acid groups (broad SMARTS) is 1. The Hall–Kier alpha value is -1.04. The maximum Gasteiger partial charge on any atom is 0.326 e. The third kappa shape index (κ3) is 3.42. The van der Waals surface area contributed by atoms with Crippen molar-refractivity contribution in [3.05, 3.63) is 27.0 Å². The van der Waals surface area contributed by atoms with Gasteiger partial charge in [-0.1, -0.05) is 47.6 Å². The van der Waals surface area contributed by atoms with Gasteiger partial charge in [-0.05, 0) is 12.8 Å². The number of hydrogen-bond donors (Lipinski definition) is 1. The third-order valence-electron chi connectivity index (χ3n) is 3.42. The maximum absolute atomic E-state index is 12.6. The molecule has 1 aliphatic heterocycles. The van der Waals surface area contributed by atoms with Gasteiger partial charge in [-0.25, -0.2) is 9.78 Å². The summed E-state index contributed by atoms with van der Waals surface area (Å²) in [6.07, 6.45) is 4.05. The molecule has 1 fully saturated rings. The fraction of sp³-hybridized carbons (Fsp3) is 0.462. The SMILES string of the molecule is O=C(O)C1CCCCCN1C(=O)c1ncc(Cl)c(Cl)c1Cl. The minimum atomic E-state index is -1.03. The lowest BCUT2D eigenvalue weighted by Gasteiger charge is -2.27. The van der Waals surface area contributed by atoms with Crippen molar-refractivity contribution in [1.29, 1.82) is 0 Å². The molecule has 0 saturated carbocycles. The van der Waals surface area contributed by atoms with Gasteiger partial charge >= 0.3 is 5.97 Å². The van der Waals surface area contributed by atoms with E-state index < -0.39 is 17.9 Å². The van der Waals surface area contributed by atoms with Crippen LogP contribution in [0.2, 0.25) is 15.1 Å². The highest BCUT2D eigenvalue weighted by molar-refractivity contribution is 6.48. The molecule has 1 aromatic heterocycles. The Kier molecular flexibility index (Phi) is 5.30. The highest BCUT2D eigenvalue weighted by Crippen LogP contribution is 2.32. The van der Waals surface area contributed by atoms with Crippen molar-refractivity contribution in [3.63, 3.8) is 0 Å². The molecule has 21 heavy (non-hydrogen) atoms. The summed E-state index contributed by atoms with van der Waals surface area (Å²) in [6, 6.07) is -0.868. The van der Waals surface area contributed by atoms with Crippen LogP contribution in [0.15, 0.2) is 6.20 Å². The summed E-state index contributed by atoms with van der Waals surface area (Å²) in [5.41, 5.74) is -0.0702. The summed E-state index contributed by atoms with van der Waals surface area (Å²) in [7, 11) is 0. The number of aromatic nitrogens is 1. The molecule has 1 saturated heterocycles. The van der Waals surface area contributed by atoms with Gasteiger partial charge in [-0.2, -0.15) is 0 Å². The average molecular weight is 352 g/mol. The van der Waals surface area contributed by atoms with Gasteiger partial charge in [-0.3, -0.25) is 4.79 Å². The number of carbonyl (C=O) groups is 2. The number of nitrogens with zero attached hydrogens (tertiary/aromatic N) is 2. The Morgan fingerprint density at radius 3 is 2.57 bits per heavy atom. The maximum atomic E-state index is 12.6. The second-order valence-electron chi connectivity index (χ2n) is 4.78. The van der Waals surface area contributed by atoms with Crippen LogP contribution in [0.5, 0.6) is 0 Å². The summed E-state index contributed by atoms with van der Waals surface area (Å²) in [5, 5.41) is 9.43. The number of carbonyl (C=O) groups excluding carboxylic acids is 1. The topological polar surface area (TPSA) is 70.5 Å². The number of rotatable bonds is 2. The molecule has 2 rings (SSSR count). The average Bonchev–Trinajstić information content (AvgIpc) is 2.70. The molecule has 1 unspecified atom stereocenters. The highest BCUT2D eigenvalue weighted by atomic mass is 35.5. The quantitative estimate of drug-likeness (QED) is 0.885. The van der Waals surface area contributed by atoms with E-state index in [4.69, 9.17) is 34.8 Å². The van der Waals surface area contributed by atoms with Crippen LogP contribution in [0.25, 0.3) is 0 Å². The second-order valence-corrected chi connectivity index (χ2v) is 5.95. The van der Waals surface area contributed by atoms with Crippen LogP contribution in [0.3, 0.4) is 0 Å². The lowest BCUT2D eigenvalue weighted by molar-refractivity contribution is -0.142. The summed E-state index contributed by atoms with van der Waals surface area (Å²) < 4.78 is 0. The van der Waals surface area contributed by atoms with Crippen LogP contribution in [-0.2, 0) is 4.79 Å². The fourth-order valence-electron chi connectivity index (χ4n) is 2.34. The van der Waals surface area contributed by atoms with Gasteiger partial charge in [0, 0.05) is 12.7 Å². The van der Waals surface area contributed by atoms with Crippen LogP contribution in [0, 0.1) is 0 Å². The van der Waals surface area contributed by atoms with Crippen LogP contribution >= 0.6 is 34.8 Å². The van der Waals surface area contributed by atoms with Gasteiger partial charge in [0.05, 0.1) is 15.1 Å². The molecule has 114 valence electrons. The highest BCUT2D eigenvalue weighted by Gasteiger charge is 2.33. The number of carboxylic acids is 1. The van der Waals surface area contributed by atoms with Crippen LogP contribution in [-0.4, -0.2) is 39.5 Å². The van der Waals surface area contributed by atoms with Gasteiger partial charge < -0.3 is 10.0 Å². The standard InChI is InChI=1S/C13H13Cl3N2O3/c14-7-6-17-11(10(16)9(7)15)12(19)18-5-3-1-2-4-8(18)13(20)21/h6,8H,1-5H2,(H,20,21). The summed E-state index contributed by atoms with van der Waals surface area (Å²) >= 11 is 17.7. The zero-order valence-corrected chi connectivity index (χ0v) is 13.3. The molecule has 1 amide bonds. The van der Waals surface area contributed by atoms with E-state index in [1.807, 2.05) is 0 Å². The zero-order valence-electron chi connectivity index (χ0n) is 11.0. The Balaban J connectivity index is 2.37. The lowest BCUT2D eigenvalue weighted by atomic mass is 10.1. The molecule has 0 bridgehead atoms. The Bertz CT molecular complexity index is 580. The molecule has 1 aromatic rings. The van der Waals surface area contributed by atoms with Crippen LogP contribution in [0.1, 0.15) is 36.2 Å². The first kappa shape index (κ1) is 16.3. The predicted molar refractivity (Wildman–Crippen MR) is 80.2 cm³/mol. The Labute approximate surface area is 136 Å². The van der Waals surface area contributed by atoms with Gasteiger partial charge in [0.2, 0.25) is 0 Å². The van der Waals surface area contributed by atoms with Crippen molar-refractivity contribution in [2.24, 2.45) is 0 Å². The van der Waals surface area contributed by atoms with E-state index in [0.29, 0.717) is 13.0 Å². The molecule has 0 spiro atoms. The number of hydrogen-bond acceptors (Lipinski definition) is 3. The normalized spacial score (nSPS) is 19.2. The molecule has 1 aliphatic rings. The van der Waals surface area contributed by atoms with Gasteiger partial charge in [0.25, 0.3) is 5.91 Å². The number of halogens is 3. The fourth-order valence-corrected chi connectivity index (χ4v) is 2.90. The molecule has 0 aliphatic carbocycles. The van der Waals surface area contributed by atoms with E-state index >= 15 is 0 Å². The zero-order chi connectivity index (χ0) is 15.6. The van der Waals surface area contributed by atoms with Crippen molar-refractivity contribution < 1.29 is 14.7 Å². The summed E-state index contributed by atoms with van der Waals surface area (Å²) in [5.74, 6) is -1.56. The van der Waals surface area contributed by atoms with Gasteiger partial charge in [-0.15, -0.1) is 0 Å². The number of pyridine rings is 1. The smallest absolute Gasteiger partial charge is 0.326 e. The van der Waals surface area contributed by atoms with Crippen molar-refractivity contribution in [3.8, 4) is 0 Å². The summed E-state index contributed by atoms with van der Waals surface area (Å²) in [4.78, 5) is 29.1. The molecule has 1 atom stereocenters. The molecule has 5 nitrogen and oxygen atoms in total. The Morgan fingerprint density at radius 1 is 1.19 bits per heavy atom. The second kappa shape index (κ2) is 6.81. The number of likely N-dealkylation sites (tertiary alicyclic amines) is 1. The molecular formula is C13H13Cl3N2O3. The molecule has 0 aromatic carbocycles. The largest absolute Gasteiger partial charge is 0.480 e. The minimum Gasteiger partial charge on any atom is -0.480 e. The van der Waals surface area contributed by atoms with Gasteiger partial charge in [0.1, 0.15) is 11.7 Å². The van der Waals surface area contributed by atoms with Crippen molar-refractivity contribution >= 4 is 46.7 Å². The van der Waals surface area contributed by atoms with E-state index in [1.165, 1.54) is 11.1 Å². The van der Waals surface area contributed by atoms with E-state index in [9.17, 15) is 14.7 Å². The number of amides is 1. The van der Waals surface area contributed by atoms with E-state index in [0.717, 1.165) is 19.3 Å². The molecule has 2 heterocycles. The van der Waals surface area contributed by atoms with Crippen molar-refractivity contribution in [2.45, 2.75) is 31.7 Å². The molecular weight excluding hydrogens is 339 g/mol. The van der Waals surface area contributed by atoms with E-state index in [-0.39, 0.29) is 20.8 Å². The third-order valence-corrected chi connectivity index (χ3v) is 4.66. The molecule has 1 N–H and O–H groups in total. The van der Waals surface area contributed by atoms with Gasteiger partial charge in [0.15, 0.2) is 0 Å². The van der Waals surface area contributed by atoms with Crippen LogP contribution < -0.4 is 0 Å². The lowest BCUT2D eigenvalue weighted by Crippen LogP contribution is -2.45. The first-order chi connectivity index (χ1) is 9.93. The first-order valence-corrected chi connectivity index (χ1v) is 7.60. The first-order valence-electron chi connectivity index (χ1n) is 6.46. The minimum absolute atomic E-state index is 0.0402. The van der Waals surface area contributed by atoms with Crippen molar-refractivity contribution in [2.75, 3.05) is 6.54 Å². The number of aliphatic carboxylic acids is 1. The van der Waals surface area contributed by atoms with Crippen LogP contribution in [0.4, 0.5) is 0 Å². The van der Waals surface area contributed by atoms with Crippen molar-refractivity contribution in [1.82, 2.24) is 9.88 Å². The van der Waals surface area contributed by atoms with E-state index in [2.05, 4.69) is 4.98 Å². The summed E-state index contributed by atoms with van der Waals surface area (Å²) in [6.45, 7) is 0.355. The Morgan fingerprint density at radius 2 is 1.90 bits per heavy atom. The molecule has 0 radical (unpaired) electrons. The van der Waals surface area contributed by atoms with E-state index in [1.54, 1.807) is 0 Å². The predicted octanol–water partition coefficient (Wildman–Crippen LogP) is 3.51. The molecule has 8 heteroatoms.